The monoisotopic (exact) mass is 239 g/mol. The van der Waals surface area contributed by atoms with Crippen molar-refractivity contribution in [2.45, 2.75) is 31.0 Å². The van der Waals surface area contributed by atoms with Gasteiger partial charge in [-0.3, -0.25) is 0 Å². The van der Waals surface area contributed by atoms with E-state index in [-0.39, 0.29) is 6.08 Å². The van der Waals surface area contributed by atoms with Crippen molar-refractivity contribution in [2.24, 2.45) is 4.99 Å². The number of alkyl halides is 7. The van der Waals surface area contributed by atoms with E-state index in [0.29, 0.717) is 0 Å². The fourth-order valence-electron chi connectivity index (χ4n) is 0.588. The molecule has 0 aliphatic heterocycles. The fourth-order valence-corrected chi connectivity index (χ4v) is 0.588. The molecule has 0 unspecified atom stereocenters. The number of rotatable bonds is 4. The molecule has 15 heavy (non-hydrogen) atoms. The van der Waals surface area contributed by atoms with Gasteiger partial charge in [-0.2, -0.15) is 30.7 Å². The maximum Gasteiger partial charge on any atom is 0.414 e. The van der Waals surface area contributed by atoms with Crippen molar-refractivity contribution in [3.63, 3.8) is 0 Å². The van der Waals surface area contributed by atoms with Gasteiger partial charge in [0, 0.05) is 12.8 Å². The zero-order valence-electron chi connectivity index (χ0n) is 6.92. The zero-order valence-corrected chi connectivity index (χ0v) is 6.92. The third-order valence-electron chi connectivity index (χ3n) is 1.35. The second-order valence-electron chi connectivity index (χ2n) is 2.56. The Bertz CT molecular complexity index is 265. The highest BCUT2D eigenvalue weighted by molar-refractivity contribution is 5.34. The highest BCUT2D eigenvalue weighted by Crippen LogP contribution is 2.40. The standard InChI is InChI=1S/C6H4F7NO/c7-4(8,1-2-5(9,10)11)6(12,13)14-3-15/h1-2H2. The maximum atomic E-state index is 12.4. The average Bonchev–Trinajstić information content (AvgIpc) is 1.99. The summed E-state index contributed by atoms with van der Waals surface area (Å²) in [5.41, 5.74) is 0. The van der Waals surface area contributed by atoms with E-state index in [4.69, 9.17) is 0 Å². The van der Waals surface area contributed by atoms with Gasteiger partial charge in [0.1, 0.15) is 0 Å². The molecule has 0 spiro atoms. The summed E-state index contributed by atoms with van der Waals surface area (Å²) in [6.45, 7) is 0. The van der Waals surface area contributed by atoms with Crippen molar-refractivity contribution in [2.75, 3.05) is 0 Å². The van der Waals surface area contributed by atoms with Crippen molar-refractivity contribution in [3.05, 3.63) is 0 Å². The van der Waals surface area contributed by atoms with Crippen LogP contribution >= 0.6 is 0 Å². The number of aliphatic imine (C=N–C) groups is 1. The number of isocyanates is 1. The Morgan fingerprint density at radius 2 is 1.40 bits per heavy atom. The minimum Gasteiger partial charge on any atom is -0.211 e. The van der Waals surface area contributed by atoms with Crippen molar-refractivity contribution >= 4 is 6.08 Å². The predicted molar refractivity (Wildman–Crippen MR) is 33.3 cm³/mol. The van der Waals surface area contributed by atoms with E-state index in [0.717, 1.165) is 0 Å². The predicted octanol–water partition coefficient (Wildman–Crippen LogP) is 2.89. The molecule has 0 N–H and O–H groups in total. The van der Waals surface area contributed by atoms with E-state index in [9.17, 15) is 35.5 Å². The molecule has 0 atom stereocenters. The molecule has 0 radical (unpaired) electrons. The molecule has 0 saturated heterocycles. The molecule has 2 nitrogen and oxygen atoms in total. The molecule has 0 aromatic carbocycles. The Hall–Kier alpha value is -1.11. The molecular formula is C6H4F7NO. The molecular weight excluding hydrogens is 235 g/mol. The first-order valence-electron chi connectivity index (χ1n) is 3.43. The molecule has 0 aliphatic carbocycles. The van der Waals surface area contributed by atoms with Crippen LogP contribution < -0.4 is 0 Å². The lowest BCUT2D eigenvalue weighted by molar-refractivity contribution is -0.223. The second-order valence-corrected chi connectivity index (χ2v) is 2.56. The summed E-state index contributed by atoms with van der Waals surface area (Å²) in [4.78, 5) is 10.8. The topological polar surface area (TPSA) is 29.4 Å². The number of hydrogen-bond donors (Lipinski definition) is 0. The lowest BCUT2D eigenvalue weighted by Crippen LogP contribution is -2.39. The largest absolute Gasteiger partial charge is 0.414 e. The highest BCUT2D eigenvalue weighted by Gasteiger charge is 2.57. The van der Waals surface area contributed by atoms with Gasteiger partial charge in [-0.05, 0) is 0 Å². The Labute approximate surface area is 78.8 Å². The SMILES string of the molecule is O=C=NC(F)(F)C(F)(F)CCC(F)(F)F. The minimum atomic E-state index is -5.17. The van der Waals surface area contributed by atoms with Gasteiger partial charge >= 0.3 is 18.1 Å². The minimum absolute atomic E-state index is 0.175. The Kier molecular flexibility index (Phi) is 3.87. The normalized spacial score (nSPS) is 13.5. The van der Waals surface area contributed by atoms with Crippen molar-refractivity contribution in [3.8, 4) is 0 Å². The van der Waals surface area contributed by atoms with Crippen LogP contribution in [0, 0.1) is 0 Å². The quantitative estimate of drug-likeness (QED) is 0.321. The molecule has 0 bridgehead atoms. The molecule has 9 heteroatoms. The number of hydrogen-bond acceptors (Lipinski definition) is 2. The van der Waals surface area contributed by atoms with Crippen LogP contribution in [0.25, 0.3) is 0 Å². The molecule has 0 aromatic heterocycles. The summed E-state index contributed by atoms with van der Waals surface area (Å²) in [7, 11) is 0. The van der Waals surface area contributed by atoms with Crippen LogP contribution in [0.5, 0.6) is 0 Å². The Morgan fingerprint density at radius 1 is 0.933 bits per heavy atom. The lowest BCUT2D eigenvalue weighted by Gasteiger charge is -2.21. The summed E-state index contributed by atoms with van der Waals surface area (Å²) in [6, 6.07) is -5.17. The van der Waals surface area contributed by atoms with E-state index in [1.165, 1.54) is 4.99 Å². The smallest absolute Gasteiger partial charge is 0.211 e. The third kappa shape index (κ3) is 4.28. The van der Waals surface area contributed by atoms with Crippen molar-refractivity contribution in [1.82, 2.24) is 0 Å². The van der Waals surface area contributed by atoms with E-state index in [1.807, 2.05) is 0 Å². The second kappa shape index (κ2) is 4.18. The molecule has 88 valence electrons. The van der Waals surface area contributed by atoms with E-state index in [2.05, 4.69) is 0 Å². The summed E-state index contributed by atoms with van der Waals surface area (Å²) in [5, 5.41) is 0. The van der Waals surface area contributed by atoms with Crippen LogP contribution in [0.2, 0.25) is 0 Å². The van der Waals surface area contributed by atoms with Gasteiger partial charge < -0.3 is 0 Å². The lowest BCUT2D eigenvalue weighted by atomic mass is 10.1. The van der Waals surface area contributed by atoms with Gasteiger partial charge in [0.25, 0.3) is 0 Å². The van der Waals surface area contributed by atoms with Gasteiger partial charge in [-0.1, -0.05) is 0 Å². The average molecular weight is 239 g/mol. The van der Waals surface area contributed by atoms with E-state index < -0.39 is 31.0 Å². The molecule has 0 fully saturated rings. The van der Waals surface area contributed by atoms with Crippen LogP contribution in [-0.2, 0) is 4.79 Å². The number of carbonyl (C=O) groups excluding carboxylic acids is 1. The first kappa shape index (κ1) is 13.9. The maximum absolute atomic E-state index is 12.4. The van der Waals surface area contributed by atoms with Crippen LogP contribution in [0.1, 0.15) is 12.8 Å². The third-order valence-corrected chi connectivity index (χ3v) is 1.35. The molecule has 0 heterocycles. The van der Waals surface area contributed by atoms with Crippen LogP contribution in [0.4, 0.5) is 30.7 Å². The Morgan fingerprint density at radius 3 is 1.73 bits per heavy atom. The van der Waals surface area contributed by atoms with Crippen LogP contribution in [-0.4, -0.2) is 24.2 Å². The van der Waals surface area contributed by atoms with Crippen LogP contribution in [0.3, 0.4) is 0 Å². The highest BCUT2D eigenvalue weighted by atomic mass is 19.4. The van der Waals surface area contributed by atoms with E-state index in [1.54, 1.807) is 0 Å². The summed E-state index contributed by atoms with van der Waals surface area (Å²) in [5.74, 6) is -5.03. The molecule has 0 saturated carbocycles. The first-order valence-corrected chi connectivity index (χ1v) is 3.43. The van der Waals surface area contributed by atoms with Gasteiger partial charge in [-0.25, -0.2) is 4.79 Å². The molecule has 0 amide bonds. The van der Waals surface area contributed by atoms with Gasteiger partial charge in [0.05, 0.1) is 0 Å². The summed E-state index contributed by atoms with van der Waals surface area (Å²) < 4.78 is 83.7. The number of halogens is 7. The van der Waals surface area contributed by atoms with Gasteiger partial charge in [-0.15, -0.1) is 4.99 Å². The first-order chi connectivity index (χ1) is 6.52. The van der Waals surface area contributed by atoms with Crippen molar-refractivity contribution < 1.29 is 35.5 Å². The molecule has 0 aromatic rings. The zero-order chi connectivity index (χ0) is 12.3. The molecule has 0 rings (SSSR count). The van der Waals surface area contributed by atoms with Crippen molar-refractivity contribution in [1.29, 1.82) is 0 Å². The number of nitrogens with zero attached hydrogens (tertiary/aromatic N) is 1. The van der Waals surface area contributed by atoms with Gasteiger partial charge in [0.15, 0.2) is 0 Å². The summed E-state index contributed by atoms with van der Waals surface area (Å²) in [6.07, 6.45) is -9.04. The van der Waals surface area contributed by atoms with Gasteiger partial charge in [0.2, 0.25) is 6.08 Å². The van der Waals surface area contributed by atoms with Crippen LogP contribution in [0.15, 0.2) is 4.99 Å². The fraction of sp³-hybridized carbons (Fsp3) is 0.833. The van der Waals surface area contributed by atoms with E-state index >= 15 is 0 Å². The Balaban J connectivity index is 4.61. The summed E-state index contributed by atoms with van der Waals surface area (Å²) >= 11 is 0. The molecule has 0 aliphatic rings.